The van der Waals surface area contributed by atoms with E-state index in [4.69, 9.17) is 0 Å². The second kappa shape index (κ2) is 8.91. The van der Waals surface area contributed by atoms with Crippen LogP contribution in [0.2, 0.25) is 0 Å². The van der Waals surface area contributed by atoms with Gasteiger partial charge in [0.05, 0.1) is 21.5 Å². The number of hydrogen-bond acceptors (Lipinski definition) is 4. The predicted octanol–water partition coefficient (Wildman–Crippen LogP) is 2.37. The van der Waals surface area contributed by atoms with Gasteiger partial charge >= 0.3 is 11.9 Å². The number of fused-ring (bicyclic) bond motifs is 1. The van der Waals surface area contributed by atoms with E-state index >= 15 is 0 Å². The zero-order chi connectivity index (χ0) is 24.7. The van der Waals surface area contributed by atoms with Crippen molar-refractivity contribution in [3.8, 4) is 0 Å². The molecule has 0 aliphatic carbocycles. The van der Waals surface area contributed by atoms with Gasteiger partial charge in [-0.2, -0.15) is 17.5 Å². The van der Waals surface area contributed by atoms with E-state index in [0.717, 1.165) is 22.5 Å². The van der Waals surface area contributed by atoms with E-state index in [1.54, 1.807) is 28.8 Å². The van der Waals surface area contributed by atoms with Gasteiger partial charge in [0, 0.05) is 32.7 Å². The number of rotatable bonds is 5. The van der Waals surface area contributed by atoms with Gasteiger partial charge in [0.1, 0.15) is 6.54 Å². The molecular formula is C22H23F3N4O4S. The Hall–Kier alpha value is -3.12. The molecule has 0 radical (unpaired) electrons. The van der Waals surface area contributed by atoms with Gasteiger partial charge in [-0.1, -0.05) is 24.3 Å². The van der Waals surface area contributed by atoms with Crippen molar-refractivity contribution in [3.63, 3.8) is 0 Å². The highest BCUT2D eigenvalue weighted by molar-refractivity contribution is 7.89. The third kappa shape index (κ3) is 4.23. The van der Waals surface area contributed by atoms with E-state index in [2.05, 4.69) is 0 Å². The molecule has 12 heteroatoms. The molecule has 2 aromatic carbocycles. The Balaban J connectivity index is 1.50. The Bertz CT molecular complexity index is 1390. The fraction of sp³-hybridized carbons (Fsp3) is 0.364. The lowest BCUT2D eigenvalue weighted by atomic mass is 10.2. The third-order valence-electron chi connectivity index (χ3n) is 5.94. The number of nitrogens with zero attached hydrogens (tertiary/aromatic N) is 4. The minimum absolute atomic E-state index is 0.00736. The van der Waals surface area contributed by atoms with Crippen LogP contribution in [0.25, 0.3) is 11.0 Å². The van der Waals surface area contributed by atoms with Crippen LogP contribution in [0.5, 0.6) is 0 Å². The fourth-order valence-electron chi connectivity index (χ4n) is 4.21. The standard InChI is InChI=1S/C22H23F3N4O4S/c1-2-28-17-8-4-5-9-18(17)29(21(28)31)15-20(30)26-11-13-27(14-12-26)34(32,33)19-10-6-3-7-16(19)22(23,24)25/h3-10H,2,11-15H2,1H3. The lowest BCUT2D eigenvalue weighted by Gasteiger charge is -2.34. The maximum atomic E-state index is 13.3. The highest BCUT2D eigenvalue weighted by atomic mass is 32.2. The molecule has 0 bridgehead atoms. The van der Waals surface area contributed by atoms with Crippen LogP contribution in [0, 0.1) is 0 Å². The summed E-state index contributed by atoms with van der Waals surface area (Å²) < 4.78 is 69.7. The number of aryl methyl sites for hydroxylation is 1. The van der Waals surface area contributed by atoms with Gasteiger partial charge in [-0.3, -0.25) is 13.9 Å². The van der Waals surface area contributed by atoms with Crippen LogP contribution in [0.15, 0.2) is 58.2 Å². The average Bonchev–Trinajstić information content (AvgIpc) is 3.09. The molecule has 0 N–H and O–H groups in total. The highest BCUT2D eigenvalue weighted by Crippen LogP contribution is 2.35. The largest absolute Gasteiger partial charge is 0.417 e. The SMILES string of the molecule is CCn1c(=O)n(CC(=O)N2CCN(S(=O)(=O)c3ccccc3C(F)(F)F)CC2)c2ccccc21. The molecule has 0 saturated carbocycles. The molecule has 2 heterocycles. The van der Waals surface area contributed by atoms with Gasteiger partial charge in [0.25, 0.3) is 0 Å². The van der Waals surface area contributed by atoms with Gasteiger partial charge in [-0.25, -0.2) is 13.2 Å². The zero-order valence-electron chi connectivity index (χ0n) is 18.3. The van der Waals surface area contributed by atoms with Crippen LogP contribution >= 0.6 is 0 Å². The summed E-state index contributed by atoms with van der Waals surface area (Å²) in [6.45, 7) is 1.78. The number of para-hydroxylation sites is 2. The topological polar surface area (TPSA) is 84.6 Å². The van der Waals surface area contributed by atoms with E-state index in [1.165, 1.54) is 15.5 Å². The number of aromatic nitrogens is 2. The predicted molar refractivity (Wildman–Crippen MR) is 119 cm³/mol. The van der Waals surface area contributed by atoms with Gasteiger partial charge in [0.2, 0.25) is 15.9 Å². The van der Waals surface area contributed by atoms with E-state index in [-0.39, 0.29) is 44.3 Å². The lowest BCUT2D eigenvalue weighted by Crippen LogP contribution is -2.51. The molecule has 1 aromatic heterocycles. The molecule has 3 aromatic rings. The molecule has 1 aliphatic heterocycles. The van der Waals surface area contributed by atoms with Crippen molar-refractivity contribution in [1.29, 1.82) is 0 Å². The van der Waals surface area contributed by atoms with Crippen LogP contribution in [0.3, 0.4) is 0 Å². The summed E-state index contributed by atoms with van der Waals surface area (Å²) in [4.78, 5) is 26.3. The summed E-state index contributed by atoms with van der Waals surface area (Å²) in [5.74, 6) is -0.367. The summed E-state index contributed by atoms with van der Waals surface area (Å²) in [5.41, 5.74) is -0.211. The third-order valence-corrected chi connectivity index (χ3v) is 7.89. The maximum absolute atomic E-state index is 13.3. The van der Waals surface area contributed by atoms with E-state index in [9.17, 15) is 31.2 Å². The molecule has 1 fully saturated rings. The smallest absolute Gasteiger partial charge is 0.338 e. The first-order valence-electron chi connectivity index (χ1n) is 10.7. The number of sulfonamides is 1. The first-order valence-corrected chi connectivity index (χ1v) is 12.1. The Morgan fingerprint density at radius 3 is 2.06 bits per heavy atom. The number of alkyl halides is 3. The van der Waals surface area contributed by atoms with E-state index in [0.29, 0.717) is 17.6 Å². The molecule has 1 aliphatic rings. The summed E-state index contributed by atoms with van der Waals surface area (Å²) in [6.07, 6.45) is -4.81. The lowest BCUT2D eigenvalue weighted by molar-refractivity contribution is -0.139. The van der Waals surface area contributed by atoms with Crippen LogP contribution < -0.4 is 5.69 Å². The molecule has 182 valence electrons. The Labute approximate surface area is 193 Å². The van der Waals surface area contributed by atoms with Gasteiger partial charge in [0.15, 0.2) is 0 Å². The Kier molecular flexibility index (Phi) is 6.30. The van der Waals surface area contributed by atoms with Crippen LogP contribution in [0.4, 0.5) is 13.2 Å². The molecular weight excluding hydrogens is 473 g/mol. The van der Waals surface area contributed by atoms with Crippen molar-refractivity contribution in [2.24, 2.45) is 0 Å². The van der Waals surface area contributed by atoms with E-state index in [1.807, 2.05) is 6.92 Å². The van der Waals surface area contributed by atoms with Crippen LogP contribution in [-0.4, -0.2) is 58.8 Å². The summed E-state index contributed by atoms with van der Waals surface area (Å²) in [7, 11) is -4.40. The Morgan fingerprint density at radius 2 is 1.47 bits per heavy atom. The number of carbonyl (C=O) groups is 1. The van der Waals surface area contributed by atoms with Gasteiger partial charge in [-0.05, 0) is 31.2 Å². The fourth-order valence-corrected chi connectivity index (χ4v) is 5.84. The zero-order valence-corrected chi connectivity index (χ0v) is 19.1. The normalized spacial score (nSPS) is 15.7. The molecule has 1 amide bonds. The number of carbonyl (C=O) groups excluding carboxylic acids is 1. The first kappa shape index (κ1) is 24.0. The van der Waals surface area contributed by atoms with Crippen molar-refractivity contribution < 1.29 is 26.4 Å². The maximum Gasteiger partial charge on any atom is 0.417 e. The summed E-state index contributed by atoms with van der Waals surface area (Å²) in [6, 6.07) is 11.2. The van der Waals surface area contributed by atoms with Crippen LogP contribution in [-0.2, 0) is 34.1 Å². The monoisotopic (exact) mass is 496 g/mol. The minimum Gasteiger partial charge on any atom is -0.338 e. The Morgan fingerprint density at radius 1 is 0.912 bits per heavy atom. The van der Waals surface area contributed by atoms with E-state index < -0.39 is 26.7 Å². The number of piperazine rings is 1. The van der Waals surface area contributed by atoms with Crippen molar-refractivity contribution in [3.05, 3.63) is 64.6 Å². The highest BCUT2D eigenvalue weighted by Gasteiger charge is 2.39. The van der Waals surface area contributed by atoms with Crippen molar-refractivity contribution >= 4 is 27.0 Å². The van der Waals surface area contributed by atoms with Gasteiger partial charge < -0.3 is 4.90 Å². The number of imidazole rings is 1. The molecule has 8 nitrogen and oxygen atoms in total. The molecule has 1 saturated heterocycles. The molecule has 34 heavy (non-hydrogen) atoms. The van der Waals surface area contributed by atoms with Crippen molar-refractivity contribution in [1.82, 2.24) is 18.3 Å². The number of hydrogen-bond donors (Lipinski definition) is 0. The molecule has 0 unspecified atom stereocenters. The summed E-state index contributed by atoms with van der Waals surface area (Å²) >= 11 is 0. The van der Waals surface area contributed by atoms with Crippen molar-refractivity contribution in [2.75, 3.05) is 26.2 Å². The summed E-state index contributed by atoms with van der Waals surface area (Å²) in [5, 5.41) is 0. The minimum atomic E-state index is -4.81. The van der Waals surface area contributed by atoms with Gasteiger partial charge in [-0.15, -0.1) is 0 Å². The first-order chi connectivity index (χ1) is 16.1. The quantitative estimate of drug-likeness (QED) is 0.543. The number of amides is 1. The van der Waals surface area contributed by atoms with Crippen LogP contribution in [0.1, 0.15) is 12.5 Å². The van der Waals surface area contributed by atoms with Crippen molar-refractivity contribution in [2.45, 2.75) is 31.1 Å². The number of halogens is 3. The molecule has 4 rings (SSSR count). The number of benzene rings is 2. The molecule has 0 atom stereocenters. The molecule has 0 spiro atoms. The second-order valence-electron chi connectivity index (χ2n) is 7.88. The second-order valence-corrected chi connectivity index (χ2v) is 9.79. The average molecular weight is 497 g/mol.